The number of nitrogens with zero attached hydrogens (tertiary/aromatic N) is 2. The van der Waals surface area contributed by atoms with Crippen LogP contribution in [0.4, 0.5) is 0 Å². The summed E-state index contributed by atoms with van der Waals surface area (Å²) in [5.41, 5.74) is 0. The van der Waals surface area contributed by atoms with E-state index in [-0.39, 0.29) is 0 Å². The number of ether oxygens (including phenoxy) is 3. The number of hydrogen-bond donors (Lipinski definition) is 0. The van der Waals surface area contributed by atoms with Crippen molar-refractivity contribution in [3.63, 3.8) is 0 Å². The van der Waals surface area contributed by atoms with E-state index in [1.165, 1.54) is 11.8 Å². The maximum atomic E-state index is 5.68. The minimum absolute atomic E-state index is 0.516. The normalized spacial score (nSPS) is 13.6. The monoisotopic (exact) mass is 368 g/mol. The molecule has 0 saturated heterocycles. The van der Waals surface area contributed by atoms with Crippen LogP contribution < -0.4 is 14.2 Å². The molecule has 0 fully saturated rings. The Morgan fingerprint density at radius 3 is 2.86 bits per heavy atom. The molecule has 3 rings (SSSR count). The van der Waals surface area contributed by atoms with E-state index in [1.54, 1.807) is 13.3 Å². The van der Waals surface area contributed by atoms with Crippen LogP contribution in [-0.2, 0) is 0 Å². The molecular weight excluding hydrogens is 356 g/mol. The lowest BCUT2D eigenvalue weighted by Gasteiger charge is -2.09. The summed E-state index contributed by atoms with van der Waals surface area (Å²) in [7, 11) is 1.58. The Morgan fingerprint density at radius 1 is 1.24 bits per heavy atom. The lowest BCUT2D eigenvalue weighted by atomic mass is 10.3. The van der Waals surface area contributed by atoms with Crippen molar-refractivity contribution in [2.45, 2.75) is 16.5 Å². The predicted octanol–water partition coefficient (Wildman–Crippen LogP) is 3.56. The van der Waals surface area contributed by atoms with Gasteiger partial charge in [-0.05, 0) is 45.9 Å². The van der Waals surface area contributed by atoms with Crippen LogP contribution in [0.15, 0.2) is 38.9 Å². The van der Waals surface area contributed by atoms with Gasteiger partial charge in [0, 0.05) is 17.5 Å². The Hall–Kier alpha value is -1.47. The first-order valence-corrected chi connectivity index (χ1v) is 8.01. The quantitative estimate of drug-likeness (QED) is 0.772. The second-order valence-electron chi connectivity index (χ2n) is 4.27. The van der Waals surface area contributed by atoms with Gasteiger partial charge in [-0.1, -0.05) is 0 Å². The summed E-state index contributed by atoms with van der Waals surface area (Å²) >= 11 is 4.79. The third-order valence-electron chi connectivity index (χ3n) is 2.81. The second-order valence-corrected chi connectivity index (χ2v) is 6.17. The number of rotatable bonds is 3. The number of aromatic nitrogens is 2. The Kier molecular flexibility index (Phi) is 4.50. The zero-order chi connectivity index (χ0) is 14.7. The summed E-state index contributed by atoms with van der Waals surface area (Å²) in [6.45, 7) is 1.36. The molecule has 1 aromatic carbocycles. The van der Waals surface area contributed by atoms with Crippen molar-refractivity contribution in [3.8, 4) is 17.4 Å². The van der Waals surface area contributed by atoms with Crippen molar-refractivity contribution >= 4 is 27.7 Å². The molecule has 0 spiro atoms. The number of fused-ring (bicyclic) bond motifs is 1. The first kappa shape index (κ1) is 14.5. The fourth-order valence-electron chi connectivity index (χ4n) is 1.84. The van der Waals surface area contributed by atoms with Crippen molar-refractivity contribution in [1.29, 1.82) is 0 Å². The summed E-state index contributed by atoms with van der Waals surface area (Å²) in [4.78, 5) is 9.58. The molecule has 0 atom stereocenters. The molecule has 0 unspecified atom stereocenters. The van der Waals surface area contributed by atoms with Crippen LogP contribution in [0.1, 0.15) is 6.42 Å². The van der Waals surface area contributed by atoms with Gasteiger partial charge in [0.2, 0.25) is 5.88 Å². The van der Waals surface area contributed by atoms with Crippen LogP contribution in [0.5, 0.6) is 17.4 Å². The highest BCUT2D eigenvalue weighted by Gasteiger charge is 2.12. The fraction of sp³-hybridized carbons (Fsp3) is 0.286. The molecule has 7 heteroatoms. The first-order chi connectivity index (χ1) is 10.3. The average molecular weight is 369 g/mol. The number of hydrogen-bond acceptors (Lipinski definition) is 6. The summed E-state index contributed by atoms with van der Waals surface area (Å²) in [5.74, 6) is 2.06. The van der Waals surface area contributed by atoms with E-state index in [2.05, 4.69) is 25.9 Å². The largest absolute Gasteiger partial charge is 0.490 e. The molecule has 2 heterocycles. The maximum Gasteiger partial charge on any atom is 0.231 e. The molecule has 110 valence electrons. The van der Waals surface area contributed by atoms with Gasteiger partial charge in [0.25, 0.3) is 0 Å². The molecule has 21 heavy (non-hydrogen) atoms. The molecular formula is C14H13BrN2O3S. The van der Waals surface area contributed by atoms with E-state index < -0.39 is 0 Å². The maximum absolute atomic E-state index is 5.68. The summed E-state index contributed by atoms with van der Waals surface area (Å²) in [6.07, 6.45) is 2.57. The predicted molar refractivity (Wildman–Crippen MR) is 82.5 cm³/mol. The highest BCUT2D eigenvalue weighted by atomic mass is 79.9. The Balaban J connectivity index is 1.83. The minimum atomic E-state index is 0.516. The molecule has 0 N–H and O–H groups in total. The summed E-state index contributed by atoms with van der Waals surface area (Å²) in [5, 5.41) is 0.615. The van der Waals surface area contributed by atoms with Gasteiger partial charge in [-0.15, -0.1) is 0 Å². The molecule has 1 aliphatic rings. The molecule has 0 aliphatic carbocycles. The first-order valence-electron chi connectivity index (χ1n) is 6.40. The smallest absolute Gasteiger partial charge is 0.231 e. The van der Waals surface area contributed by atoms with Crippen molar-refractivity contribution in [2.75, 3.05) is 20.3 Å². The third-order valence-corrected chi connectivity index (χ3v) is 4.22. The highest BCUT2D eigenvalue weighted by molar-refractivity contribution is 9.10. The molecule has 0 radical (unpaired) electrons. The average Bonchev–Trinajstić information content (AvgIpc) is 2.74. The zero-order valence-corrected chi connectivity index (χ0v) is 13.7. The number of methoxy groups -OCH3 is 1. The number of halogens is 1. The standard InChI is InChI=1S/C14H13BrN2O3S/c1-18-13-10(15)8-16-14(17-13)21-9-3-4-11-12(7-9)20-6-2-5-19-11/h3-4,7-8H,2,5-6H2,1H3. The Morgan fingerprint density at radius 2 is 2.05 bits per heavy atom. The van der Waals surface area contributed by atoms with Crippen molar-refractivity contribution in [1.82, 2.24) is 9.97 Å². The van der Waals surface area contributed by atoms with Crippen LogP contribution in [0.3, 0.4) is 0 Å². The van der Waals surface area contributed by atoms with Gasteiger partial charge in [0.05, 0.1) is 24.8 Å². The van der Waals surface area contributed by atoms with E-state index in [4.69, 9.17) is 14.2 Å². The van der Waals surface area contributed by atoms with Crippen LogP contribution in [-0.4, -0.2) is 30.3 Å². The van der Waals surface area contributed by atoms with E-state index in [1.807, 2.05) is 18.2 Å². The Labute approximate surface area is 135 Å². The molecule has 1 aliphatic heterocycles. The minimum Gasteiger partial charge on any atom is -0.490 e. The second kappa shape index (κ2) is 6.53. The van der Waals surface area contributed by atoms with E-state index in [9.17, 15) is 0 Å². The topological polar surface area (TPSA) is 53.5 Å². The van der Waals surface area contributed by atoms with Crippen molar-refractivity contribution < 1.29 is 14.2 Å². The van der Waals surface area contributed by atoms with Gasteiger partial charge in [-0.2, -0.15) is 4.98 Å². The van der Waals surface area contributed by atoms with Crippen LogP contribution in [0.2, 0.25) is 0 Å². The lowest BCUT2D eigenvalue weighted by molar-refractivity contribution is 0.297. The summed E-state index contributed by atoms with van der Waals surface area (Å²) < 4.78 is 17.2. The third kappa shape index (κ3) is 3.41. The molecule has 1 aromatic heterocycles. The van der Waals surface area contributed by atoms with Crippen LogP contribution in [0, 0.1) is 0 Å². The van der Waals surface area contributed by atoms with Crippen molar-refractivity contribution in [3.05, 3.63) is 28.9 Å². The van der Waals surface area contributed by atoms with E-state index in [0.29, 0.717) is 24.3 Å². The van der Waals surface area contributed by atoms with Gasteiger partial charge in [0.15, 0.2) is 16.7 Å². The SMILES string of the molecule is COc1nc(Sc2ccc3c(c2)OCCCO3)ncc1Br. The van der Waals surface area contributed by atoms with Gasteiger partial charge >= 0.3 is 0 Å². The van der Waals surface area contributed by atoms with E-state index in [0.717, 1.165) is 27.3 Å². The molecule has 0 bridgehead atoms. The Bertz CT molecular complexity index is 654. The fourth-order valence-corrected chi connectivity index (χ4v) is 2.94. The molecule has 2 aromatic rings. The highest BCUT2D eigenvalue weighted by Crippen LogP contribution is 2.36. The molecule has 0 saturated carbocycles. The van der Waals surface area contributed by atoms with Crippen molar-refractivity contribution in [2.24, 2.45) is 0 Å². The zero-order valence-electron chi connectivity index (χ0n) is 11.3. The lowest BCUT2D eigenvalue weighted by Crippen LogP contribution is -1.97. The van der Waals surface area contributed by atoms with Gasteiger partial charge in [-0.25, -0.2) is 4.98 Å². The van der Waals surface area contributed by atoms with Gasteiger partial charge in [0.1, 0.15) is 0 Å². The van der Waals surface area contributed by atoms with E-state index >= 15 is 0 Å². The molecule has 0 amide bonds. The van der Waals surface area contributed by atoms with Crippen LogP contribution in [0.25, 0.3) is 0 Å². The molecule has 5 nitrogen and oxygen atoms in total. The number of benzene rings is 1. The van der Waals surface area contributed by atoms with Gasteiger partial charge in [-0.3, -0.25) is 0 Å². The van der Waals surface area contributed by atoms with Gasteiger partial charge < -0.3 is 14.2 Å². The summed E-state index contributed by atoms with van der Waals surface area (Å²) in [6, 6.07) is 5.83. The van der Waals surface area contributed by atoms with Crippen LogP contribution >= 0.6 is 27.7 Å².